The molecule has 1 aliphatic heterocycles. The number of likely N-dealkylation sites (N-methyl/N-ethyl adjacent to an activating group) is 1. The second kappa shape index (κ2) is 17.1. The Morgan fingerprint density at radius 3 is 2.61 bits per heavy atom. The van der Waals surface area contributed by atoms with E-state index in [0.29, 0.717) is 31.7 Å². The summed E-state index contributed by atoms with van der Waals surface area (Å²) < 4.78 is 42.7. The van der Waals surface area contributed by atoms with Crippen LogP contribution in [-0.4, -0.2) is 122 Å². The summed E-state index contributed by atoms with van der Waals surface area (Å²) in [6, 6.07) is 4.06. The summed E-state index contributed by atoms with van der Waals surface area (Å²) in [7, 11) is 3.39. The number of carbonyl (C=O) groups excluding carboxylic acids is 2. The van der Waals surface area contributed by atoms with Crippen LogP contribution in [0.15, 0.2) is 35.7 Å². The summed E-state index contributed by atoms with van der Waals surface area (Å²) in [6.07, 6.45) is 5.74. The Bertz CT molecular complexity index is 1400. The number of imidazole rings is 1. The molecule has 2 aromatic rings. The molecule has 0 radical (unpaired) electrons. The van der Waals surface area contributed by atoms with Crippen LogP contribution in [0, 0.1) is 5.92 Å². The molecule has 0 saturated heterocycles. The Morgan fingerprint density at radius 1 is 1.22 bits per heavy atom. The van der Waals surface area contributed by atoms with Crippen molar-refractivity contribution in [3.05, 3.63) is 36.3 Å². The number of benzene rings is 1. The summed E-state index contributed by atoms with van der Waals surface area (Å²) in [5, 5.41) is 10.0. The number of anilines is 1. The number of hydrogen-bond donors (Lipinski definition) is 2. The highest BCUT2D eigenvalue weighted by Gasteiger charge is 2.31. The number of ether oxygens (including phenoxy) is 2. The average Bonchev–Trinajstić information content (AvgIpc) is 3.45. The van der Waals surface area contributed by atoms with Crippen molar-refractivity contribution in [2.24, 2.45) is 13.0 Å². The maximum atomic E-state index is 14.3. The van der Waals surface area contributed by atoms with Crippen LogP contribution in [0.25, 0.3) is 0 Å². The van der Waals surface area contributed by atoms with Gasteiger partial charge in [0.05, 0.1) is 36.7 Å². The van der Waals surface area contributed by atoms with Crippen molar-refractivity contribution in [1.82, 2.24) is 24.3 Å². The van der Waals surface area contributed by atoms with Gasteiger partial charge in [-0.3, -0.25) is 14.3 Å². The van der Waals surface area contributed by atoms with Gasteiger partial charge in [0.15, 0.2) is 5.03 Å². The molecule has 258 valence electrons. The summed E-state index contributed by atoms with van der Waals surface area (Å²) in [6.45, 7) is 7.29. The minimum atomic E-state index is -4.01. The Balaban J connectivity index is 1.93. The predicted octanol–water partition coefficient (Wildman–Crippen LogP) is 2.82. The fraction of sp³-hybridized carbons (Fsp3) is 0.656. The number of sulfonamides is 1. The first kappa shape index (κ1) is 37.3. The zero-order valence-electron chi connectivity index (χ0n) is 28.3. The number of nitrogens with one attached hydrogen (secondary N) is 1. The van der Waals surface area contributed by atoms with Gasteiger partial charge >= 0.3 is 0 Å². The number of aromatic nitrogens is 2. The number of aryl methyl sites for hydroxylation is 1. The zero-order chi connectivity index (χ0) is 34.0. The van der Waals surface area contributed by atoms with Crippen LogP contribution < -0.4 is 9.46 Å². The monoisotopic (exact) mass is 664 g/mol. The lowest BCUT2D eigenvalue weighted by Crippen LogP contribution is -2.48. The molecule has 1 aromatic carbocycles. The van der Waals surface area contributed by atoms with Gasteiger partial charge in [0, 0.05) is 58.0 Å². The molecule has 2 amide bonds. The van der Waals surface area contributed by atoms with Gasteiger partial charge in [-0.05, 0) is 78.4 Å². The minimum Gasteiger partial charge on any atom is -0.490 e. The lowest BCUT2D eigenvalue weighted by molar-refractivity contribution is -0.132. The van der Waals surface area contributed by atoms with Crippen molar-refractivity contribution < 1.29 is 32.6 Å². The van der Waals surface area contributed by atoms with Crippen molar-refractivity contribution in [2.75, 3.05) is 58.7 Å². The largest absolute Gasteiger partial charge is 0.490 e. The molecule has 0 saturated carbocycles. The first-order valence-electron chi connectivity index (χ1n) is 16.0. The molecule has 0 aliphatic carbocycles. The lowest BCUT2D eigenvalue weighted by Gasteiger charge is -2.36. The first-order chi connectivity index (χ1) is 21.7. The van der Waals surface area contributed by atoms with Crippen molar-refractivity contribution in [3.63, 3.8) is 0 Å². The summed E-state index contributed by atoms with van der Waals surface area (Å²) in [4.78, 5) is 36.5. The Morgan fingerprint density at radius 2 is 1.96 bits per heavy atom. The number of rotatable bonds is 11. The van der Waals surface area contributed by atoms with Crippen LogP contribution in [-0.2, 0) is 26.6 Å². The number of aliphatic hydroxyl groups is 1. The van der Waals surface area contributed by atoms with Crippen LogP contribution >= 0.6 is 0 Å². The maximum absolute atomic E-state index is 14.3. The van der Waals surface area contributed by atoms with E-state index >= 15 is 0 Å². The van der Waals surface area contributed by atoms with E-state index in [1.165, 1.54) is 23.2 Å². The smallest absolute Gasteiger partial charge is 0.280 e. The van der Waals surface area contributed by atoms with E-state index in [1.54, 1.807) is 43.0 Å². The number of fused-ring (bicyclic) bond motifs is 1. The van der Waals surface area contributed by atoms with Gasteiger partial charge in [0.25, 0.3) is 15.9 Å². The number of nitrogens with zero attached hydrogens (tertiary/aromatic N) is 5. The van der Waals surface area contributed by atoms with E-state index in [0.717, 1.165) is 25.8 Å². The van der Waals surface area contributed by atoms with Gasteiger partial charge in [-0.25, -0.2) is 4.98 Å². The van der Waals surface area contributed by atoms with E-state index in [4.69, 9.17) is 9.47 Å². The van der Waals surface area contributed by atoms with E-state index < -0.39 is 22.0 Å². The third-order valence-electron chi connectivity index (χ3n) is 8.14. The Kier molecular flexibility index (Phi) is 13.8. The van der Waals surface area contributed by atoms with E-state index in [9.17, 15) is 23.1 Å². The normalized spacial score (nSPS) is 20.8. The van der Waals surface area contributed by atoms with Gasteiger partial charge in [0.2, 0.25) is 5.91 Å². The van der Waals surface area contributed by atoms with Crippen LogP contribution in [0.4, 0.5) is 5.69 Å². The van der Waals surface area contributed by atoms with Crippen molar-refractivity contribution in [3.8, 4) is 5.75 Å². The molecule has 2 N–H and O–H groups in total. The second-order valence-electron chi connectivity index (χ2n) is 12.7. The molecule has 2 heterocycles. The van der Waals surface area contributed by atoms with Crippen LogP contribution in [0.1, 0.15) is 63.2 Å². The standard InChI is InChI=1S/C32H52N6O7S/c1-23-18-38(24(2)21-39)32(41)27-17-26(34-46(42,43)30-20-36(6)22-33-30)13-14-28(27)45-25(3)11-8-9-16-44-29(23)19-37(7)31(40)12-10-15-35(4)5/h13-14,17,20,22-25,29,34,39H,8-12,15-16,18-19,21H2,1-7H3/t23-,24+,25-,29-/m0/s1. The van der Waals surface area contributed by atoms with Crippen LogP contribution in [0.5, 0.6) is 5.75 Å². The molecule has 1 aromatic heterocycles. The van der Waals surface area contributed by atoms with Gasteiger partial charge in [-0.2, -0.15) is 8.42 Å². The number of carbonyl (C=O) groups is 2. The van der Waals surface area contributed by atoms with Crippen molar-refractivity contribution in [1.29, 1.82) is 0 Å². The molecule has 14 heteroatoms. The molecule has 0 spiro atoms. The highest BCUT2D eigenvalue weighted by atomic mass is 32.2. The minimum absolute atomic E-state index is 0.0364. The zero-order valence-corrected chi connectivity index (χ0v) is 29.1. The van der Waals surface area contributed by atoms with Crippen molar-refractivity contribution >= 4 is 27.5 Å². The summed E-state index contributed by atoms with van der Waals surface area (Å²) >= 11 is 0. The number of aliphatic hydroxyl groups excluding tert-OH is 1. The van der Waals surface area contributed by atoms with E-state index in [1.807, 2.05) is 32.8 Å². The quantitative estimate of drug-likeness (QED) is 0.370. The van der Waals surface area contributed by atoms with Crippen LogP contribution in [0.3, 0.4) is 0 Å². The maximum Gasteiger partial charge on any atom is 0.280 e. The molecule has 4 atom stereocenters. The molecular weight excluding hydrogens is 612 g/mol. The molecule has 13 nitrogen and oxygen atoms in total. The second-order valence-corrected chi connectivity index (χ2v) is 14.3. The molecule has 0 unspecified atom stereocenters. The third kappa shape index (κ3) is 10.7. The Hall–Kier alpha value is -3.20. The molecule has 0 fully saturated rings. The Labute approximate surface area is 273 Å². The molecule has 46 heavy (non-hydrogen) atoms. The van der Waals surface area contributed by atoms with Crippen molar-refractivity contribution in [2.45, 2.75) is 76.2 Å². The third-order valence-corrected chi connectivity index (χ3v) is 9.40. The highest BCUT2D eigenvalue weighted by molar-refractivity contribution is 7.92. The first-order valence-corrected chi connectivity index (χ1v) is 17.4. The molecule has 0 bridgehead atoms. The molecule has 1 aliphatic rings. The van der Waals surface area contributed by atoms with Gasteiger partial charge < -0.3 is 33.8 Å². The summed E-state index contributed by atoms with van der Waals surface area (Å²) in [5.74, 6) is -0.256. The van der Waals surface area contributed by atoms with Gasteiger partial charge in [-0.1, -0.05) is 6.92 Å². The number of amides is 2. The fourth-order valence-electron chi connectivity index (χ4n) is 5.29. The topological polar surface area (TPSA) is 147 Å². The summed E-state index contributed by atoms with van der Waals surface area (Å²) in [5.41, 5.74) is 0.346. The SMILES string of the molecule is C[C@H](CO)N1C[C@H](C)[C@H](CN(C)C(=O)CCCN(C)C)OCCCC[C@H](C)Oc2ccc(NS(=O)(=O)c3cn(C)cn3)cc2C1=O. The highest BCUT2D eigenvalue weighted by Crippen LogP contribution is 2.29. The van der Waals surface area contributed by atoms with Gasteiger partial charge in [-0.15, -0.1) is 0 Å². The lowest BCUT2D eigenvalue weighted by atomic mass is 10.0. The molecule has 3 rings (SSSR count). The van der Waals surface area contributed by atoms with Crippen LogP contribution in [0.2, 0.25) is 0 Å². The average molecular weight is 665 g/mol. The van der Waals surface area contributed by atoms with E-state index in [2.05, 4.69) is 9.71 Å². The predicted molar refractivity (Wildman–Crippen MR) is 176 cm³/mol. The fourth-order valence-corrected chi connectivity index (χ4v) is 6.33. The van der Waals surface area contributed by atoms with E-state index in [-0.39, 0.29) is 53.5 Å². The van der Waals surface area contributed by atoms with Gasteiger partial charge in [0.1, 0.15) is 5.75 Å². The molecular formula is C32H52N6O7S. The number of hydrogen-bond acceptors (Lipinski definition) is 9.